The minimum absolute atomic E-state index is 0.00315. The normalized spacial score (nSPS) is 11.4. The lowest BCUT2D eigenvalue weighted by Crippen LogP contribution is -2.23. The zero-order valence-corrected chi connectivity index (χ0v) is 17.2. The average Bonchev–Trinajstić information content (AvgIpc) is 3.31. The molecular formula is C20H17F3N2O5S. The first-order valence-corrected chi connectivity index (χ1v) is 9.73. The van der Waals surface area contributed by atoms with E-state index in [0.29, 0.717) is 17.0 Å². The molecule has 0 spiro atoms. The number of ether oxygens (including phenoxy) is 1. The van der Waals surface area contributed by atoms with Crippen molar-refractivity contribution >= 4 is 23.2 Å². The van der Waals surface area contributed by atoms with Crippen LogP contribution in [0.1, 0.15) is 42.8 Å². The first-order valence-electron chi connectivity index (χ1n) is 8.91. The van der Waals surface area contributed by atoms with E-state index in [-0.39, 0.29) is 23.7 Å². The molecule has 0 saturated heterocycles. The number of furan rings is 1. The molecule has 1 amide bonds. The van der Waals surface area contributed by atoms with E-state index in [1.165, 1.54) is 35.9 Å². The Morgan fingerprint density at radius 3 is 2.45 bits per heavy atom. The molecular weight excluding hydrogens is 437 g/mol. The van der Waals surface area contributed by atoms with Crippen LogP contribution < -0.4 is 10.2 Å². The summed E-state index contributed by atoms with van der Waals surface area (Å²) >= 11 is 0.740. The second kappa shape index (κ2) is 8.80. The van der Waals surface area contributed by atoms with E-state index < -0.39 is 28.5 Å². The van der Waals surface area contributed by atoms with Crippen LogP contribution in [0.3, 0.4) is 0 Å². The molecule has 1 N–H and O–H groups in total. The van der Waals surface area contributed by atoms with E-state index in [1.54, 1.807) is 6.92 Å². The Morgan fingerprint density at radius 1 is 1.16 bits per heavy atom. The summed E-state index contributed by atoms with van der Waals surface area (Å²) in [7, 11) is 1.22. The van der Waals surface area contributed by atoms with Crippen LogP contribution in [0, 0.1) is 6.92 Å². The molecule has 0 fully saturated rings. The molecule has 0 aliphatic rings. The third-order valence-electron chi connectivity index (χ3n) is 4.45. The quantitative estimate of drug-likeness (QED) is 0.575. The number of benzene rings is 1. The van der Waals surface area contributed by atoms with Crippen molar-refractivity contribution in [1.29, 1.82) is 0 Å². The van der Waals surface area contributed by atoms with Crippen LogP contribution in [0.5, 0.6) is 0 Å². The topological polar surface area (TPSA) is 90.5 Å². The molecule has 31 heavy (non-hydrogen) atoms. The number of nitrogens with zero attached hydrogens (tertiary/aromatic N) is 1. The number of carbonyl (C=O) groups is 2. The summed E-state index contributed by atoms with van der Waals surface area (Å²) in [6.45, 7) is 1.61. The van der Waals surface area contributed by atoms with Gasteiger partial charge in [-0.3, -0.25) is 14.2 Å². The second-order valence-electron chi connectivity index (χ2n) is 6.50. The lowest BCUT2D eigenvalue weighted by atomic mass is 10.1. The first kappa shape index (κ1) is 22.3. The predicted octanol–water partition coefficient (Wildman–Crippen LogP) is 3.59. The number of hydrogen-bond acceptors (Lipinski definition) is 6. The van der Waals surface area contributed by atoms with E-state index in [4.69, 9.17) is 4.42 Å². The van der Waals surface area contributed by atoms with Gasteiger partial charge >= 0.3 is 17.0 Å². The third kappa shape index (κ3) is 5.05. The number of aromatic nitrogens is 1. The van der Waals surface area contributed by atoms with Crippen LogP contribution in [0.4, 0.5) is 13.2 Å². The first-order chi connectivity index (χ1) is 14.6. The maximum atomic E-state index is 12.6. The summed E-state index contributed by atoms with van der Waals surface area (Å²) in [4.78, 5) is 36.1. The minimum Gasteiger partial charge on any atom is -0.463 e. The van der Waals surface area contributed by atoms with E-state index in [9.17, 15) is 27.6 Å². The fourth-order valence-electron chi connectivity index (χ4n) is 2.77. The fraction of sp³-hybridized carbons (Fsp3) is 0.250. The van der Waals surface area contributed by atoms with Gasteiger partial charge in [-0.15, -0.1) is 0 Å². The predicted molar refractivity (Wildman–Crippen MR) is 105 cm³/mol. The van der Waals surface area contributed by atoms with Gasteiger partial charge in [-0.2, -0.15) is 13.2 Å². The summed E-state index contributed by atoms with van der Waals surface area (Å²) < 4.78 is 49.1. The second-order valence-corrected chi connectivity index (χ2v) is 7.47. The van der Waals surface area contributed by atoms with Gasteiger partial charge in [0, 0.05) is 12.2 Å². The smallest absolute Gasteiger partial charge is 0.416 e. The Labute approximate surface area is 178 Å². The van der Waals surface area contributed by atoms with Crippen LogP contribution in [-0.2, 0) is 24.0 Å². The minimum atomic E-state index is -4.43. The largest absolute Gasteiger partial charge is 0.463 e. The van der Waals surface area contributed by atoms with Gasteiger partial charge in [0.2, 0.25) is 5.76 Å². The van der Waals surface area contributed by atoms with Crippen LogP contribution in [-0.4, -0.2) is 23.6 Å². The highest BCUT2D eigenvalue weighted by atomic mass is 32.1. The van der Waals surface area contributed by atoms with E-state index in [1.807, 2.05) is 0 Å². The molecule has 3 aromatic rings. The van der Waals surface area contributed by atoms with Crippen molar-refractivity contribution in [3.63, 3.8) is 0 Å². The Bertz CT molecular complexity index is 1160. The molecule has 1 aromatic carbocycles. The number of carbonyl (C=O) groups excluding carboxylic acids is 2. The van der Waals surface area contributed by atoms with Crippen molar-refractivity contribution in [2.24, 2.45) is 0 Å². The van der Waals surface area contributed by atoms with Crippen LogP contribution in [0.25, 0.3) is 0 Å². The summed E-state index contributed by atoms with van der Waals surface area (Å²) in [6, 6.07) is 7.38. The molecule has 2 heterocycles. The van der Waals surface area contributed by atoms with Crippen LogP contribution >= 0.6 is 11.3 Å². The molecule has 2 aromatic heterocycles. The molecule has 0 radical (unpaired) electrons. The highest BCUT2D eigenvalue weighted by molar-refractivity contribution is 7.11. The number of thiazole rings is 1. The highest BCUT2D eigenvalue weighted by Crippen LogP contribution is 2.29. The number of halogens is 3. The molecule has 0 unspecified atom stereocenters. The Morgan fingerprint density at radius 2 is 1.84 bits per heavy atom. The Balaban J connectivity index is 1.69. The lowest BCUT2D eigenvalue weighted by Gasteiger charge is -2.09. The summed E-state index contributed by atoms with van der Waals surface area (Å²) in [5, 5.41) is 2.60. The maximum absolute atomic E-state index is 12.6. The summed E-state index contributed by atoms with van der Waals surface area (Å²) in [5.74, 6) is -0.843. The number of nitrogens with one attached hydrogen (secondary N) is 1. The van der Waals surface area contributed by atoms with Crippen LogP contribution in [0.15, 0.2) is 45.6 Å². The highest BCUT2D eigenvalue weighted by Gasteiger charge is 2.30. The van der Waals surface area contributed by atoms with Crippen LogP contribution in [0.2, 0.25) is 0 Å². The van der Waals surface area contributed by atoms with Crippen molar-refractivity contribution in [1.82, 2.24) is 9.88 Å². The molecule has 0 aliphatic heterocycles. The van der Waals surface area contributed by atoms with Crippen molar-refractivity contribution in [2.75, 3.05) is 7.11 Å². The van der Waals surface area contributed by atoms with Gasteiger partial charge in [0.05, 0.1) is 19.2 Å². The summed E-state index contributed by atoms with van der Waals surface area (Å²) in [6.07, 6.45) is -4.43. The van der Waals surface area contributed by atoms with E-state index >= 15 is 0 Å². The Hall–Kier alpha value is -3.34. The van der Waals surface area contributed by atoms with Gasteiger partial charge in [-0.25, -0.2) is 4.79 Å². The van der Waals surface area contributed by atoms with Gasteiger partial charge in [-0.1, -0.05) is 23.5 Å². The molecule has 0 atom stereocenters. The molecule has 0 aliphatic carbocycles. The van der Waals surface area contributed by atoms with Gasteiger partial charge in [0.1, 0.15) is 10.6 Å². The standard InChI is InChI=1S/C20H17F3N2O5S/c1-11-16(17(26)24-9-12-3-5-13(6-4-12)20(21,22)23)31-19(28)25(11)10-14-7-8-15(30-14)18(27)29-2/h3-8H,9-10H2,1-2H3,(H,24,26). The van der Waals surface area contributed by atoms with Gasteiger partial charge < -0.3 is 14.5 Å². The third-order valence-corrected chi connectivity index (χ3v) is 5.53. The molecule has 7 nitrogen and oxygen atoms in total. The average molecular weight is 454 g/mol. The van der Waals surface area contributed by atoms with Crippen molar-refractivity contribution < 1.29 is 31.9 Å². The number of rotatable bonds is 6. The number of methoxy groups -OCH3 is 1. The summed E-state index contributed by atoms with van der Waals surface area (Å²) in [5.41, 5.74) is 0.106. The Kier molecular flexibility index (Phi) is 6.34. The fourth-order valence-corrected chi connectivity index (χ4v) is 3.68. The number of amides is 1. The zero-order valence-electron chi connectivity index (χ0n) is 16.4. The zero-order chi connectivity index (χ0) is 22.8. The molecule has 0 bridgehead atoms. The maximum Gasteiger partial charge on any atom is 0.416 e. The van der Waals surface area contributed by atoms with Crippen molar-refractivity contribution in [3.05, 3.63) is 79.3 Å². The van der Waals surface area contributed by atoms with Gasteiger partial charge in [-0.05, 0) is 36.8 Å². The van der Waals surface area contributed by atoms with E-state index in [2.05, 4.69) is 10.1 Å². The van der Waals surface area contributed by atoms with Crippen molar-refractivity contribution in [2.45, 2.75) is 26.2 Å². The SMILES string of the molecule is COC(=O)c1ccc(Cn2c(C)c(C(=O)NCc3ccc(C(F)(F)F)cc3)sc2=O)o1. The molecule has 0 saturated carbocycles. The molecule has 11 heteroatoms. The molecule has 164 valence electrons. The van der Waals surface area contributed by atoms with Crippen molar-refractivity contribution in [3.8, 4) is 0 Å². The number of hydrogen-bond donors (Lipinski definition) is 1. The monoisotopic (exact) mass is 454 g/mol. The lowest BCUT2D eigenvalue weighted by molar-refractivity contribution is -0.137. The number of alkyl halides is 3. The molecule has 3 rings (SSSR count). The van der Waals surface area contributed by atoms with E-state index in [0.717, 1.165) is 23.5 Å². The number of esters is 1. The van der Waals surface area contributed by atoms with Gasteiger partial charge in [0.25, 0.3) is 5.91 Å². The van der Waals surface area contributed by atoms with Gasteiger partial charge in [0.15, 0.2) is 0 Å².